The Morgan fingerprint density at radius 2 is 0.759 bits per heavy atom. The van der Waals surface area contributed by atoms with Gasteiger partial charge < -0.3 is 9.22 Å². The molecule has 0 N–H and O–H groups in total. The number of quaternary nitrogens is 1. The second-order valence-electron chi connectivity index (χ2n) is 9.50. The summed E-state index contributed by atoms with van der Waals surface area (Å²) in [5.41, 5.74) is 0. The number of ether oxygens (including phenoxy) is 1. The number of rotatable bonds is 24. The Bertz CT molecular complexity index is 283. The SMILES string of the molecule is CCCCCCCCCCCCCCOC[N+](CCCC)(CCCC)CCCC. The van der Waals surface area contributed by atoms with Crippen LogP contribution in [0.1, 0.15) is 143 Å². The van der Waals surface area contributed by atoms with Crippen LogP contribution in [0.2, 0.25) is 0 Å². The molecule has 0 radical (unpaired) electrons. The van der Waals surface area contributed by atoms with E-state index >= 15 is 0 Å². The van der Waals surface area contributed by atoms with E-state index in [0.29, 0.717) is 0 Å². The lowest BCUT2D eigenvalue weighted by atomic mass is 10.1. The fraction of sp³-hybridized carbons (Fsp3) is 1.00. The maximum Gasteiger partial charge on any atom is 0.183 e. The van der Waals surface area contributed by atoms with Crippen molar-refractivity contribution in [1.29, 1.82) is 0 Å². The fourth-order valence-corrected chi connectivity index (χ4v) is 4.31. The van der Waals surface area contributed by atoms with E-state index in [0.717, 1.165) is 13.3 Å². The topological polar surface area (TPSA) is 9.23 Å². The van der Waals surface area contributed by atoms with E-state index in [2.05, 4.69) is 27.7 Å². The molecule has 0 atom stereocenters. The van der Waals surface area contributed by atoms with Crippen LogP contribution in [0.4, 0.5) is 0 Å². The van der Waals surface area contributed by atoms with E-state index in [-0.39, 0.29) is 0 Å². The van der Waals surface area contributed by atoms with Gasteiger partial charge in [-0.05, 0) is 25.7 Å². The molecule has 2 heteroatoms. The molecule has 0 aromatic rings. The molecule has 0 spiro atoms. The third-order valence-electron chi connectivity index (χ3n) is 6.47. The Balaban J connectivity index is 3.79. The molecule has 0 aliphatic rings. The van der Waals surface area contributed by atoms with Crippen molar-refractivity contribution in [2.45, 2.75) is 143 Å². The fourth-order valence-electron chi connectivity index (χ4n) is 4.31. The zero-order chi connectivity index (χ0) is 21.5. The normalized spacial score (nSPS) is 12.0. The minimum absolute atomic E-state index is 0.956. The lowest BCUT2D eigenvalue weighted by Gasteiger charge is -2.38. The molecule has 2 nitrogen and oxygen atoms in total. The van der Waals surface area contributed by atoms with Gasteiger partial charge >= 0.3 is 0 Å². The van der Waals surface area contributed by atoms with E-state index < -0.39 is 0 Å². The molecule has 0 aliphatic heterocycles. The second-order valence-corrected chi connectivity index (χ2v) is 9.50. The zero-order valence-corrected chi connectivity index (χ0v) is 21.1. The van der Waals surface area contributed by atoms with Crippen LogP contribution in [0.5, 0.6) is 0 Å². The first-order chi connectivity index (χ1) is 14.2. The van der Waals surface area contributed by atoms with Gasteiger partial charge in [-0.3, -0.25) is 0 Å². The molecule has 0 fully saturated rings. The molecule has 0 aliphatic carbocycles. The summed E-state index contributed by atoms with van der Waals surface area (Å²) in [7, 11) is 0. The summed E-state index contributed by atoms with van der Waals surface area (Å²) < 4.78 is 7.47. The predicted octanol–water partition coefficient (Wildman–Crippen LogP) is 8.88. The molecule has 0 unspecified atom stereocenters. The molecule has 0 aromatic heterocycles. The lowest BCUT2D eigenvalue weighted by molar-refractivity contribution is -0.946. The van der Waals surface area contributed by atoms with Crippen molar-refractivity contribution in [3.05, 3.63) is 0 Å². The number of unbranched alkanes of at least 4 members (excludes halogenated alkanes) is 14. The molecule has 176 valence electrons. The van der Waals surface area contributed by atoms with Crippen LogP contribution in [-0.2, 0) is 4.74 Å². The van der Waals surface area contributed by atoms with Gasteiger partial charge in [0.05, 0.1) is 26.2 Å². The molecule has 0 bridgehead atoms. The van der Waals surface area contributed by atoms with Crippen LogP contribution in [0.3, 0.4) is 0 Å². The largest absolute Gasteiger partial charge is 0.332 e. The van der Waals surface area contributed by atoms with Crippen LogP contribution in [0, 0.1) is 0 Å². The van der Waals surface area contributed by atoms with Gasteiger partial charge in [-0.1, -0.05) is 118 Å². The van der Waals surface area contributed by atoms with Gasteiger partial charge in [-0.15, -0.1) is 0 Å². The van der Waals surface area contributed by atoms with E-state index in [9.17, 15) is 0 Å². The Morgan fingerprint density at radius 3 is 1.14 bits per heavy atom. The molecule has 29 heavy (non-hydrogen) atoms. The minimum atomic E-state index is 0.956. The highest BCUT2D eigenvalue weighted by atomic mass is 16.5. The summed E-state index contributed by atoms with van der Waals surface area (Å²) in [4.78, 5) is 0. The number of hydrogen-bond donors (Lipinski definition) is 0. The van der Waals surface area contributed by atoms with Gasteiger partial charge in [0.15, 0.2) is 6.73 Å². The summed E-state index contributed by atoms with van der Waals surface area (Å²) >= 11 is 0. The molecule has 0 amide bonds. The highest BCUT2D eigenvalue weighted by molar-refractivity contribution is 4.49. The zero-order valence-electron chi connectivity index (χ0n) is 21.1. The first kappa shape index (κ1) is 28.9. The Hall–Kier alpha value is -0.0800. The third kappa shape index (κ3) is 18.4. The molecule has 0 rings (SSSR count). The standard InChI is InChI=1S/C27H58NO/c1-5-9-13-14-15-16-17-18-19-20-21-22-26-29-27-28(23-10-6-2,24-11-7-3)25-12-8-4/h5-27H2,1-4H3/q+1. The smallest absolute Gasteiger partial charge is 0.183 e. The molecular formula is C27H58NO+. The van der Waals surface area contributed by atoms with E-state index in [1.165, 1.54) is 140 Å². The first-order valence-corrected chi connectivity index (χ1v) is 13.7. The van der Waals surface area contributed by atoms with Gasteiger partial charge in [-0.25, -0.2) is 0 Å². The van der Waals surface area contributed by atoms with E-state index in [4.69, 9.17) is 4.74 Å². The average Bonchev–Trinajstić information content (AvgIpc) is 2.74. The van der Waals surface area contributed by atoms with Gasteiger partial charge in [0.25, 0.3) is 0 Å². The van der Waals surface area contributed by atoms with Crippen LogP contribution in [0.15, 0.2) is 0 Å². The first-order valence-electron chi connectivity index (χ1n) is 13.7. The van der Waals surface area contributed by atoms with Crippen LogP contribution < -0.4 is 0 Å². The number of hydrogen-bond acceptors (Lipinski definition) is 1. The van der Waals surface area contributed by atoms with Crippen molar-refractivity contribution in [2.24, 2.45) is 0 Å². The second kappa shape index (κ2) is 22.6. The maximum atomic E-state index is 6.25. The van der Waals surface area contributed by atoms with Crippen molar-refractivity contribution in [2.75, 3.05) is 33.0 Å². The predicted molar refractivity (Wildman–Crippen MR) is 131 cm³/mol. The van der Waals surface area contributed by atoms with Gasteiger partial charge in [0, 0.05) is 0 Å². The molecule has 0 saturated heterocycles. The van der Waals surface area contributed by atoms with Crippen LogP contribution in [-0.4, -0.2) is 37.5 Å². The lowest BCUT2D eigenvalue weighted by Crippen LogP contribution is -2.51. The highest BCUT2D eigenvalue weighted by Gasteiger charge is 2.25. The van der Waals surface area contributed by atoms with Crippen molar-refractivity contribution < 1.29 is 9.22 Å². The molecule has 0 heterocycles. The Kier molecular flexibility index (Phi) is 22.5. The van der Waals surface area contributed by atoms with Crippen LogP contribution >= 0.6 is 0 Å². The van der Waals surface area contributed by atoms with Crippen LogP contribution in [0.25, 0.3) is 0 Å². The Morgan fingerprint density at radius 1 is 0.414 bits per heavy atom. The summed E-state index contributed by atoms with van der Waals surface area (Å²) in [6.45, 7) is 15.1. The van der Waals surface area contributed by atoms with Gasteiger partial charge in [0.1, 0.15) is 0 Å². The van der Waals surface area contributed by atoms with Crippen molar-refractivity contribution in [3.63, 3.8) is 0 Å². The highest BCUT2D eigenvalue weighted by Crippen LogP contribution is 2.16. The van der Waals surface area contributed by atoms with Crippen molar-refractivity contribution >= 4 is 0 Å². The summed E-state index contributed by atoms with van der Waals surface area (Å²) in [5, 5.41) is 0. The number of nitrogens with zero attached hydrogens (tertiary/aromatic N) is 1. The van der Waals surface area contributed by atoms with Gasteiger partial charge in [-0.2, -0.15) is 0 Å². The van der Waals surface area contributed by atoms with Gasteiger partial charge in [0.2, 0.25) is 0 Å². The summed E-state index contributed by atoms with van der Waals surface area (Å²) in [6, 6.07) is 0. The molecular weight excluding hydrogens is 354 g/mol. The third-order valence-corrected chi connectivity index (χ3v) is 6.47. The van der Waals surface area contributed by atoms with E-state index in [1.807, 2.05) is 0 Å². The van der Waals surface area contributed by atoms with E-state index in [1.54, 1.807) is 0 Å². The summed E-state index contributed by atoms with van der Waals surface area (Å²) in [5.74, 6) is 0. The van der Waals surface area contributed by atoms with Crippen molar-refractivity contribution in [1.82, 2.24) is 0 Å². The summed E-state index contributed by atoms with van der Waals surface area (Å²) in [6.07, 6.45) is 24.9. The maximum absolute atomic E-state index is 6.25. The molecule has 0 aromatic carbocycles. The molecule has 0 saturated carbocycles. The minimum Gasteiger partial charge on any atom is -0.332 e. The average molecular weight is 413 g/mol. The monoisotopic (exact) mass is 412 g/mol. The van der Waals surface area contributed by atoms with Crippen molar-refractivity contribution in [3.8, 4) is 0 Å². The quantitative estimate of drug-likeness (QED) is 0.0873. The Labute approximate surface area is 185 Å².